The van der Waals surface area contributed by atoms with Crippen LogP contribution in [0.25, 0.3) is 11.4 Å². The van der Waals surface area contributed by atoms with E-state index in [1.165, 1.54) is 5.56 Å². The van der Waals surface area contributed by atoms with Gasteiger partial charge in [0.1, 0.15) is 5.54 Å². The van der Waals surface area contributed by atoms with Crippen LogP contribution in [0.4, 0.5) is 0 Å². The first-order valence-electron chi connectivity index (χ1n) is 7.90. The Bertz CT molecular complexity index is 776. The van der Waals surface area contributed by atoms with Crippen molar-refractivity contribution in [1.82, 2.24) is 25.2 Å². The summed E-state index contributed by atoms with van der Waals surface area (Å²) < 4.78 is 7.62. The number of rotatable bonds is 3. The molecule has 7 heteroatoms. The van der Waals surface area contributed by atoms with E-state index in [9.17, 15) is 0 Å². The Morgan fingerprint density at radius 3 is 2.58 bits per heavy atom. The second-order valence-electron chi connectivity index (χ2n) is 6.02. The molecule has 3 aromatic rings. The molecule has 6 nitrogen and oxygen atoms in total. The summed E-state index contributed by atoms with van der Waals surface area (Å²) in [6, 6.07) is 10.1. The molecule has 0 aliphatic carbocycles. The summed E-state index contributed by atoms with van der Waals surface area (Å²) in [6.45, 7) is 3.87. The van der Waals surface area contributed by atoms with Gasteiger partial charge in [-0.25, -0.2) is 0 Å². The van der Waals surface area contributed by atoms with Gasteiger partial charge in [-0.1, -0.05) is 35.0 Å². The van der Waals surface area contributed by atoms with Crippen molar-refractivity contribution in [2.24, 2.45) is 0 Å². The molecule has 2 aromatic heterocycles. The maximum absolute atomic E-state index is 5.67. The zero-order valence-electron chi connectivity index (χ0n) is 13.5. The molecule has 4 rings (SSSR count). The quantitative estimate of drug-likeness (QED) is 0.790. The largest absolute Gasteiger partial charge is 0.336 e. The Labute approximate surface area is 146 Å². The van der Waals surface area contributed by atoms with Gasteiger partial charge in [0.05, 0.1) is 0 Å². The van der Waals surface area contributed by atoms with E-state index in [2.05, 4.69) is 34.6 Å². The lowest BCUT2D eigenvalue weighted by Crippen LogP contribution is -2.45. The Morgan fingerprint density at radius 1 is 1.17 bits per heavy atom. The third kappa shape index (κ3) is 2.83. The van der Waals surface area contributed by atoms with E-state index in [4.69, 9.17) is 9.51 Å². The number of piperidine rings is 1. The topological polar surface area (TPSA) is 68.8 Å². The molecule has 0 radical (unpaired) electrons. The summed E-state index contributed by atoms with van der Waals surface area (Å²) in [7, 11) is 0. The van der Waals surface area contributed by atoms with Crippen molar-refractivity contribution in [3.8, 4) is 11.4 Å². The van der Waals surface area contributed by atoms with Crippen LogP contribution in [0, 0.1) is 6.92 Å². The molecule has 0 atom stereocenters. The number of aromatic nitrogens is 4. The van der Waals surface area contributed by atoms with Crippen LogP contribution in [0.1, 0.15) is 24.3 Å². The maximum atomic E-state index is 5.67. The highest BCUT2D eigenvalue weighted by atomic mass is 35.5. The molecule has 0 amide bonds. The molecule has 0 saturated carbocycles. The van der Waals surface area contributed by atoms with Gasteiger partial charge in [-0.05, 0) is 38.9 Å². The fourth-order valence-corrected chi connectivity index (χ4v) is 3.14. The molecule has 1 fully saturated rings. The van der Waals surface area contributed by atoms with Crippen molar-refractivity contribution in [1.29, 1.82) is 0 Å². The monoisotopic (exact) mass is 345 g/mol. The minimum Gasteiger partial charge on any atom is -0.336 e. The first kappa shape index (κ1) is 16.7. The summed E-state index contributed by atoms with van der Waals surface area (Å²) in [4.78, 5) is 4.70. The minimum absolute atomic E-state index is 0. The minimum atomic E-state index is -0.356. The fraction of sp³-hybridized carbons (Fsp3) is 0.353. The van der Waals surface area contributed by atoms with Crippen LogP contribution >= 0.6 is 12.4 Å². The predicted molar refractivity (Wildman–Crippen MR) is 93.1 cm³/mol. The Balaban J connectivity index is 0.00000169. The number of aryl methyl sites for hydroxylation is 1. The van der Waals surface area contributed by atoms with Gasteiger partial charge < -0.3 is 9.84 Å². The van der Waals surface area contributed by atoms with Crippen LogP contribution in [0.5, 0.6) is 0 Å². The van der Waals surface area contributed by atoms with E-state index in [0.29, 0.717) is 11.7 Å². The zero-order chi connectivity index (χ0) is 15.7. The fourth-order valence-electron chi connectivity index (χ4n) is 3.14. The van der Waals surface area contributed by atoms with Crippen molar-refractivity contribution >= 4 is 12.4 Å². The molecular formula is C17H20ClN5O. The highest BCUT2D eigenvalue weighted by molar-refractivity contribution is 5.85. The summed E-state index contributed by atoms with van der Waals surface area (Å²) in [6.07, 6.45) is 5.52. The first-order chi connectivity index (χ1) is 11.3. The lowest BCUT2D eigenvalue weighted by Gasteiger charge is -2.34. The summed E-state index contributed by atoms with van der Waals surface area (Å²) in [5, 5.41) is 12.0. The highest BCUT2D eigenvalue weighted by Crippen LogP contribution is 2.34. The second-order valence-corrected chi connectivity index (χ2v) is 6.02. The van der Waals surface area contributed by atoms with Crippen LogP contribution < -0.4 is 5.32 Å². The summed E-state index contributed by atoms with van der Waals surface area (Å²) in [5.74, 6) is 1.27. The lowest BCUT2D eigenvalue weighted by molar-refractivity contribution is 0.172. The van der Waals surface area contributed by atoms with Gasteiger partial charge >= 0.3 is 0 Å². The van der Waals surface area contributed by atoms with Crippen LogP contribution in [0.3, 0.4) is 0 Å². The number of hydrogen-bond acceptors (Lipinski definition) is 5. The number of nitrogens with zero attached hydrogens (tertiary/aromatic N) is 4. The Kier molecular flexibility index (Phi) is 4.69. The van der Waals surface area contributed by atoms with E-state index in [1.807, 2.05) is 29.1 Å². The average Bonchev–Trinajstić information content (AvgIpc) is 3.29. The number of hydrogen-bond donors (Lipinski definition) is 1. The third-order valence-electron chi connectivity index (χ3n) is 4.51. The first-order valence-corrected chi connectivity index (χ1v) is 7.90. The van der Waals surface area contributed by atoms with Gasteiger partial charge in [0.2, 0.25) is 5.82 Å². The van der Waals surface area contributed by atoms with Gasteiger partial charge in [0.15, 0.2) is 0 Å². The van der Waals surface area contributed by atoms with Gasteiger partial charge in [-0.15, -0.1) is 12.4 Å². The molecule has 1 aromatic carbocycles. The third-order valence-corrected chi connectivity index (χ3v) is 4.51. The molecule has 0 unspecified atom stereocenters. The zero-order valence-corrected chi connectivity index (χ0v) is 14.3. The molecule has 24 heavy (non-hydrogen) atoms. The second kappa shape index (κ2) is 6.75. The van der Waals surface area contributed by atoms with Crippen molar-refractivity contribution in [2.75, 3.05) is 13.1 Å². The lowest BCUT2D eigenvalue weighted by atomic mass is 9.88. The molecule has 126 valence electrons. The number of benzene rings is 1. The number of halogens is 1. The standard InChI is InChI=1S/C17H19N5O.ClH/c1-13-3-5-14(6-4-13)15-20-16(23-21-15)17(7-10-18-11-8-17)22-12-2-9-19-22;/h2-6,9,12,18H,7-8,10-11H2,1H3;1H. The van der Waals surface area contributed by atoms with Crippen molar-refractivity contribution < 1.29 is 4.52 Å². The van der Waals surface area contributed by atoms with Gasteiger partial charge in [0.25, 0.3) is 5.89 Å². The van der Waals surface area contributed by atoms with Crippen LogP contribution in [0.15, 0.2) is 47.2 Å². The molecule has 0 spiro atoms. The molecule has 1 saturated heterocycles. The van der Waals surface area contributed by atoms with E-state index in [1.54, 1.807) is 6.20 Å². The average molecular weight is 346 g/mol. The summed E-state index contributed by atoms with van der Waals surface area (Å²) in [5.41, 5.74) is 1.82. The molecule has 1 N–H and O–H groups in total. The van der Waals surface area contributed by atoms with Gasteiger partial charge in [-0.3, -0.25) is 4.68 Å². The Morgan fingerprint density at radius 2 is 1.92 bits per heavy atom. The van der Waals surface area contributed by atoms with Crippen LogP contribution in [-0.2, 0) is 5.54 Å². The molecule has 0 bridgehead atoms. The van der Waals surface area contributed by atoms with Crippen molar-refractivity contribution in [2.45, 2.75) is 25.3 Å². The molecular weight excluding hydrogens is 326 g/mol. The van der Waals surface area contributed by atoms with E-state index in [0.717, 1.165) is 31.5 Å². The predicted octanol–water partition coefficient (Wildman–Crippen LogP) is 2.79. The van der Waals surface area contributed by atoms with Crippen molar-refractivity contribution in [3.63, 3.8) is 0 Å². The van der Waals surface area contributed by atoms with Gasteiger partial charge in [-0.2, -0.15) is 10.1 Å². The molecule has 1 aliphatic rings. The van der Waals surface area contributed by atoms with E-state index < -0.39 is 0 Å². The van der Waals surface area contributed by atoms with Crippen LogP contribution in [-0.4, -0.2) is 33.0 Å². The van der Waals surface area contributed by atoms with E-state index >= 15 is 0 Å². The SMILES string of the molecule is Cc1ccc(-c2noc(C3(n4cccn4)CCNCC3)n2)cc1.Cl. The van der Waals surface area contributed by atoms with E-state index in [-0.39, 0.29) is 17.9 Å². The normalized spacial score (nSPS) is 16.5. The maximum Gasteiger partial charge on any atom is 0.255 e. The van der Waals surface area contributed by atoms with Crippen molar-refractivity contribution in [3.05, 3.63) is 54.2 Å². The van der Waals surface area contributed by atoms with Crippen LogP contribution in [0.2, 0.25) is 0 Å². The molecule has 3 heterocycles. The Hall–Kier alpha value is -2.18. The molecule has 1 aliphatic heterocycles. The number of nitrogens with one attached hydrogen (secondary N) is 1. The highest BCUT2D eigenvalue weighted by Gasteiger charge is 2.41. The van der Waals surface area contributed by atoms with Gasteiger partial charge in [0, 0.05) is 18.0 Å². The summed E-state index contributed by atoms with van der Waals surface area (Å²) >= 11 is 0. The smallest absolute Gasteiger partial charge is 0.255 e.